The van der Waals surface area contributed by atoms with Crippen LogP contribution in [0.15, 0.2) is 47.1 Å². The van der Waals surface area contributed by atoms with Crippen LogP contribution in [0.25, 0.3) is 16.9 Å². The number of pyridine rings is 1. The summed E-state index contributed by atoms with van der Waals surface area (Å²) in [5.74, 6) is 0. The predicted octanol–water partition coefficient (Wildman–Crippen LogP) is 3.92. The highest BCUT2D eigenvalue weighted by atomic mass is 79.9. The summed E-state index contributed by atoms with van der Waals surface area (Å²) in [5, 5.41) is 0.688. The number of hydrogen-bond donors (Lipinski definition) is 1. The van der Waals surface area contributed by atoms with Crippen LogP contribution in [0.1, 0.15) is 5.69 Å². The molecule has 1 aromatic carbocycles. The van der Waals surface area contributed by atoms with Gasteiger partial charge in [-0.3, -0.25) is 4.40 Å². The first kappa shape index (κ1) is 13.6. The highest BCUT2D eigenvalue weighted by molar-refractivity contribution is 9.10. The van der Waals surface area contributed by atoms with Crippen molar-refractivity contribution in [2.24, 2.45) is 5.73 Å². The van der Waals surface area contributed by atoms with Crippen molar-refractivity contribution < 1.29 is 0 Å². The van der Waals surface area contributed by atoms with Crippen LogP contribution < -0.4 is 5.73 Å². The normalized spacial score (nSPS) is 11.2. The SMILES string of the molecule is NCCc1nc2ccc(Cl)cn2c1-c1ccc(Br)cc1. The van der Waals surface area contributed by atoms with E-state index < -0.39 is 0 Å². The van der Waals surface area contributed by atoms with Crippen LogP contribution in [0.3, 0.4) is 0 Å². The van der Waals surface area contributed by atoms with E-state index in [0.29, 0.717) is 11.6 Å². The Morgan fingerprint density at radius 3 is 2.60 bits per heavy atom. The molecule has 3 rings (SSSR count). The molecule has 0 aliphatic carbocycles. The number of rotatable bonds is 3. The monoisotopic (exact) mass is 349 g/mol. The third-order valence-corrected chi connectivity index (χ3v) is 3.91. The Kier molecular flexibility index (Phi) is 3.78. The maximum absolute atomic E-state index is 6.11. The number of nitrogens with two attached hydrogens (primary N) is 1. The van der Waals surface area contributed by atoms with Crippen LogP contribution in [-0.2, 0) is 6.42 Å². The minimum atomic E-state index is 0.571. The van der Waals surface area contributed by atoms with Crippen molar-refractivity contribution in [3.05, 3.63) is 57.8 Å². The van der Waals surface area contributed by atoms with Crippen molar-refractivity contribution in [3.8, 4) is 11.3 Å². The maximum Gasteiger partial charge on any atom is 0.137 e. The van der Waals surface area contributed by atoms with Gasteiger partial charge in [-0.15, -0.1) is 0 Å². The average Bonchev–Trinajstić information content (AvgIpc) is 2.78. The summed E-state index contributed by atoms with van der Waals surface area (Å²) in [6.07, 6.45) is 2.63. The van der Waals surface area contributed by atoms with E-state index in [2.05, 4.69) is 33.0 Å². The van der Waals surface area contributed by atoms with Gasteiger partial charge in [0.1, 0.15) is 5.65 Å². The second-order valence-corrected chi connectivity index (χ2v) is 5.88. The second kappa shape index (κ2) is 5.56. The van der Waals surface area contributed by atoms with Gasteiger partial charge in [0, 0.05) is 22.7 Å². The molecule has 0 spiro atoms. The Labute approximate surface area is 130 Å². The lowest BCUT2D eigenvalue weighted by molar-refractivity contribution is 0.939. The topological polar surface area (TPSA) is 43.3 Å². The van der Waals surface area contributed by atoms with Crippen LogP contribution in [-0.4, -0.2) is 15.9 Å². The van der Waals surface area contributed by atoms with Gasteiger partial charge >= 0.3 is 0 Å². The minimum Gasteiger partial charge on any atom is -0.330 e. The number of nitrogens with zero attached hydrogens (tertiary/aromatic N) is 2. The first-order valence-corrected chi connectivity index (χ1v) is 7.48. The van der Waals surface area contributed by atoms with E-state index in [-0.39, 0.29) is 0 Å². The summed E-state index contributed by atoms with van der Waals surface area (Å²) in [7, 11) is 0. The molecule has 102 valence electrons. The van der Waals surface area contributed by atoms with Gasteiger partial charge < -0.3 is 5.73 Å². The van der Waals surface area contributed by atoms with Crippen molar-refractivity contribution in [1.29, 1.82) is 0 Å². The molecule has 0 fully saturated rings. The van der Waals surface area contributed by atoms with Crippen LogP contribution in [0.4, 0.5) is 0 Å². The fourth-order valence-corrected chi connectivity index (χ4v) is 2.72. The molecule has 0 saturated carbocycles. The molecule has 0 bridgehead atoms. The molecule has 0 aliphatic rings. The van der Waals surface area contributed by atoms with Crippen molar-refractivity contribution in [2.75, 3.05) is 6.54 Å². The Bertz CT molecular complexity index is 750. The first-order chi connectivity index (χ1) is 9.69. The molecule has 5 heteroatoms. The molecular formula is C15H13BrClN3. The van der Waals surface area contributed by atoms with E-state index in [1.54, 1.807) is 0 Å². The standard InChI is InChI=1S/C15H13BrClN3/c16-11-3-1-10(2-4-11)15-13(7-8-18)19-14-6-5-12(17)9-20(14)15/h1-6,9H,7-8,18H2. The van der Waals surface area contributed by atoms with Gasteiger partial charge in [0.2, 0.25) is 0 Å². The summed E-state index contributed by atoms with van der Waals surface area (Å²) >= 11 is 9.56. The smallest absolute Gasteiger partial charge is 0.137 e. The van der Waals surface area contributed by atoms with Crippen LogP contribution >= 0.6 is 27.5 Å². The largest absolute Gasteiger partial charge is 0.330 e. The highest BCUT2D eigenvalue weighted by Crippen LogP contribution is 2.28. The van der Waals surface area contributed by atoms with E-state index in [1.807, 2.05) is 34.9 Å². The number of benzene rings is 1. The van der Waals surface area contributed by atoms with Crippen molar-refractivity contribution in [3.63, 3.8) is 0 Å². The van der Waals surface area contributed by atoms with Crippen molar-refractivity contribution >= 4 is 33.2 Å². The molecule has 0 radical (unpaired) electrons. The zero-order chi connectivity index (χ0) is 14.1. The Morgan fingerprint density at radius 1 is 1.15 bits per heavy atom. The van der Waals surface area contributed by atoms with Crippen LogP contribution in [0, 0.1) is 0 Å². The average molecular weight is 351 g/mol. The van der Waals surface area contributed by atoms with Crippen LogP contribution in [0.2, 0.25) is 5.02 Å². The number of hydrogen-bond acceptors (Lipinski definition) is 2. The van der Waals surface area contributed by atoms with Gasteiger partial charge in [-0.1, -0.05) is 39.7 Å². The zero-order valence-electron chi connectivity index (χ0n) is 10.7. The molecule has 2 aromatic heterocycles. The van der Waals surface area contributed by atoms with Crippen LogP contribution in [0.5, 0.6) is 0 Å². The van der Waals surface area contributed by atoms with Gasteiger partial charge in [-0.25, -0.2) is 4.98 Å². The van der Waals surface area contributed by atoms with Gasteiger partial charge in [0.25, 0.3) is 0 Å². The fraction of sp³-hybridized carbons (Fsp3) is 0.133. The maximum atomic E-state index is 6.11. The van der Waals surface area contributed by atoms with Crippen molar-refractivity contribution in [2.45, 2.75) is 6.42 Å². The summed E-state index contributed by atoms with van der Waals surface area (Å²) in [5.41, 5.74) is 9.74. The molecule has 3 aromatic rings. The van der Waals surface area contributed by atoms with E-state index in [9.17, 15) is 0 Å². The lowest BCUT2D eigenvalue weighted by Gasteiger charge is -2.05. The molecular weight excluding hydrogens is 338 g/mol. The Balaban J connectivity index is 2.27. The number of aromatic nitrogens is 2. The number of halogens is 2. The van der Waals surface area contributed by atoms with E-state index in [0.717, 1.165) is 33.5 Å². The molecule has 2 N–H and O–H groups in total. The summed E-state index contributed by atoms with van der Waals surface area (Å²) in [4.78, 5) is 4.65. The van der Waals surface area contributed by atoms with E-state index >= 15 is 0 Å². The van der Waals surface area contributed by atoms with Gasteiger partial charge in [-0.2, -0.15) is 0 Å². The highest BCUT2D eigenvalue weighted by Gasteiger charge is 2.13. The Hall–Kier alpha value is -1.36. The quantitative estimate of drug-likeness (QED) is 0.778. The molecule has 0 aliphatic heterocycles. The number of fused-ring (bicyclic) bond motifs is 1. The van der Waals surface area contributed by atoms with Gasteiger partial charge in [0.15, 0.2) is 0 Å². The summed E-state index contributed by atoms with van der Waals surface area (Å²) < 4.78 is 3.07. The fourth-order valence-electron chi connectivity index (χ4n) is 2.29. The molecule has 2 heterocycles. The second-order valence-electron chi connectivity index (χ2n) is 4.53. The third kappa shape index (κ3) is 2.46. The first-order valence-electron chi connectivity index (χ1n) is 6.31. The molecule has 0 atom stereocenters. The summed E-state index contributed by atoms with van der Waals surface area (Å²) in [6.45, 7) is 0.571. The zero-order valence-corrected chi connectivity index (χ0v) is 13.0. The molecule has 0 unspecified atom stereocenters. The lowest BCUT2D eigenvalue weighted by Crippen LogP contribution is -2.04. The van der Waals surface area contributed by atoms with Gasteiger partial charge in [-0.05, 0) is 30.8 Å². The Morgan fingerprint density at radius 2 is 1.90 bits per heavy atom. The van der Waals surface area contributed by atoms with Crippen molar-refractivity contribution in [1.82, 2.24) is 9.38 Å². The van der Waals surface area contributed by atoms with Gasteiger partial charge in [0.05, 0.1) is 16.4 Å². The minimum absolute atomic E-state index is 0.571. The molecule has 3 nitrogen and oxygen atoms in total. The predicted molar refractivity (Wildman–Crippen MR) is 86.1 cm³/mol. The van der Waals surface area contributed by atoms with E-state index in [4.69, 9.17) is 17.3 Å². The molecule has 20 heavy (non-hydrogen) atoms. The third-order valence-electron chi connectivity index (χ3n) is 3.15. The van der Waals surface area contributed by atoms with E-state index in [1.165, 1.54) is 0 Å². The molecule has 0 saturated heterocycles. The molecule has 0 amide bonds. The summed E-state index contributed by atoms with van der Waals surface area (Å²) in [6, 6.07) is 11.9. The number of imidazole rings is 1. The lowest BCUT2D eigenvalue weighted by atomic mass is 10.1.